The predicted octanol–water partition coefficient (Wildman–Crippen LogP) is 0.701. The van der Waals surface area contributed by atoms with Crippen LogP contribution in [0, 0.1) is 0 Å². The molecule has 0 spiro atoms. The third-order valence-corrected chi connectivity index (χ3v) is 8.10. The predicted molar refractivity (Wildman–Crippen MR) is 107 cm³/mol. The van der Waals surface area contributed by atoms with E-state index >= 15 is 0 Å². The Kier molecular flexibility index (Phi) is 7.60. The maximum absolute atomic E-state index is 12.4. The van der Waals surface area contributed by atoms with Crippen molar-refractivity contribution in [1.29, 1.82) is 0 Å². The summed E-state index contributed by atoms with van der Waals surface area (Å²) in [6, 6.07) is 5.11. The van der Waals surface area contributed by atoms with E-state index in [-0.39, 0.29) is 34.0 Å². The Balaban J connectivity index is 1.89. The second-order valence-electron chi connectivity index (χ2n) is 7.05. The van der Waals surface area contributed by atoms with Crippen LogP contribution in [0.15, 0.2) is 34.1 Å². The Bertz CT molecular complexity index is 880. The van der Waals surface area contributed by atoms with Gasteiger partial charge >= 0.3 is 0 Å². The zero-order valence-electron chi connectivity index (χ0n) is 16.6. The number of likely N-dealkylation sites (tertiary alicyclic amines) is 1. The highest BCUT2D eigenvalue weighted by Crippen LogP contribution is 2.19. The van der Waals surface area contributed by atoms with Crippen molar-refractivity contribution >= 4 is 25.8 Å². The number of nitrogens with zero attached hydrogens (tertiary/aromatic N) is 2. The summed E-state index contributed by atoms with van der Waals surface area (Å²) in [4.78, 5) is 16.0. The normalized spacial score (nSPS) is 18.3. The molecule has 28 heavy (non-hydrogen) atoms. The highest BCUT2D eigenvalue weighted by atomic mass is 32.2. The fraction of sp³-hybridized carbons (Fsp3) is 0.611. The lowest BCUT2D eigenvalue weighted by molar-refractivity contribution is -0.133. The van der Waals surface area contributed by atoms with Gasteiger partial charge in [0.25, 0.3) is 0 Å². The quantitative estimate of drug-likeness (QED) is 0.577. The number of likely N-dealkylation sites (N-methyl/N-ethyl adjacent to an activating group) is 1. The van der Waals surface area contributed by atoms with Gasteiger partial charge in [0.05, 0.1) is 21.6 Å². The fourth-order valence-corrected chi connectivity index (χ4v) is 5.19. The molecule has 0 aliphatic carbocycles. The van der Waals surface area contributed by atoms with E-state index in [1.54, 1.807) is 25.9 Å². The molecule has 1 unspecified atom stereocenters. The number of hydrogen-bond acceptors (Lipinski definition) is 6. The van der Waals surface area contributed by atoms with Crippen LogP contribution in [0.5, 0.6) is 0 Å². The molecular weight excluding hydrogens is 402 g/mol. The second-order valence-corrected chi connectivity index (χ2v) is 11.1. The van der Waals surface area contributed by atoms with E-state index in [1.165, 1.54) is 24.3 Å². The molecule has 1 heterocycles. The van der Waals surface area contributed by atoms with Gasteiger partial charge in [-0.2, -0.15) is 0 Å². The first-order chi connectivity index (χ1) is 13.1. The van der Waals surface area contributed by atoms with Crippen LogP contribution in [-0.4, -0.2) is 78.1 Å². The van der Waals surface area contributed by atoms with Gasteiger partial charge in [-0.1, -0.05) is 6.92 Å². The topological polar surface area (TPSA) is 104 Å². The molecule has 1 aromatic rings. The van der Waals surface area contributed by atoms with Gasteiger partial charge in [0.15, 0.2) is 9.84 Å². The SMILES string of the molecule is CCS(=O)(=O)c1ccc(S(=O)(=O)NCCCN2CCCC2C(=O)N(C)C)cc1. The van der Waals surface area contributed by atoms with E-state index in [2.05, 4.69) is 9.62 Å². The molecule has 0 aromatic heterocycles. The van der Waals surface area contributed by atoms with Crippen molar-refractivity contribution in [3.05, 3.63) is 24.3 Å². The van der Waals surface area contributed by atoms with Gasteiger partial charge in [-0.15, -0.1) is 0 Å². The monoisotopic (exact) mass is 431 g/mol. The van der Waals surface area contributed by atoms with Crippen molar-refractivity contribution < 1.29 is 21.6 Å². The largest absolute Gasteiger partial charge is 0.347 e. The summed E-state index contributed by atoms with van der Waals surface area (Å²) in [6.45, 7) is 3.26. The molecule has 1 amide bonds. The lowest BCUT2D eigenvalue weighted by Crippen LogP contribution is -2.43. The maximum Gasteiger partial charge on any atom is 0.240 e. The lowest BCUT2D eigenvalue weighted by Gasteiger charge is -2.26. The molecule has 158 valence electrons. The molecule has 1 saturated heterocycles. The Morgan fingerprint density at radius 2 is 1.75 bits per heavy atom. The molecule has 8 nitrogen and oxygen atoms in total. The minimum absolute atomic E-state index is 0.0318. The van der Waals surface area contributed by atoms with Gasteiger partial charge < -0.3 is 4.90 Å². The third-order valence-electron chi connectivity index (χ3n) is 4.88. The summed E-state index contributed by atoms with van der Waals surface area (Å²) in [7, 11) is -3.59. The van der Waals surface area contributed by atoms with Gasteiger partial charge in [-0.25, -0.2) is 21.6 Å². The molecule has 10 heteroatoms. The molecule has 0 bridgehead atoms. The molecule has 1 aromatic carbocycles. The van der Waals surface area contributed by atoms with Crippen LogP contribution >= 0.6 is 0 Å². The first-order valence-corrected chi connectivity index (χ1v) is 12.5. The molecule has 1 fully saturated rings. The third kappa shape index (κ3) is 5.53. The van der Waals surface area contributed by atoms with Gasteiger partial charge in [0.1, 0.15) is 0 Å². The summed E-state index contributed by atoms with van der Waals surface area (Å²) < 4.78 is 50.9. The first-order valence-electron chi connectivity index (χ1n) is 9.36. The maximum atomic E-state index is 12.4. The van der Waals surface area contributed by atoms with Crippen LogP contribution in [0.4, 0.5) is 0 Å². The number of nitrogens with one attached hydrogen (secondary N) is 1. The molecule has 2 rings (SSSR count). The zero-order chi connectivity index (χ0) is 20.9. The Labute approximate surface area is 167 Å². The van der Waals surface area contributed by atoms with Crippen LogP contribution in [-0.2, 0) is 24.7 Å². The summed E-state index contributed by atoms with van der Waals surface area (Å²) in [5.74, 6) is 0.0470. The molecule has 1 atom stereocenters. The Morgan fingerprint density at radius 1 is 1.14 bits per heavy atom. The smallest absolute Gasteiger partial charge is 0.240 e. The Morgan fingerprint density at radius 3 is 2.32 bits per heavy atom. The number of amides is 1. The second kappa shape index (κ2) is 9.34. The molecule has 1 aliphatic heterocycles. The van der Waals surface area contributed by atoms with Crippen LogP contribution in [0.1, 0.15) is 26.2 Å². The minimum Gasteiger partial charge on any atom is -0.347 e. The molecule has 1 aliphatic rings. The molecular formula is C18H29N3O5S2. The molecule has 1 N–H and O–H groups in total. The number of carbonyl (C=O) groups excluding carboxylic acids is 1. The van der Waals surface area contributed by atoms with Crippen LogP contribution in [0.25, 0.3) is 0 Å². The van der Waals surface area contributed by atoms with Gasteiger partial charge in [-0.3, -0.25) is 9.69 Å². The van der Waals surface area contributed by atoms with Crippen LogP contribution in [0.2, 0.25) is 0 Å². The average molecular weight is 432 g/mol. The van der Waals surface area contributed by atoms with Crippen molar-refractivity contribution in [3.63, 3.8) is 0 Å². The highest BCUT2D eigenvalue weighted by Gasteiger charge is 2.31. The summed E-state index contributed by atoms with van der Waals surface area (Å²) in [6.07, 6.45) is 2.37. The van der Waals surface area contributed by atoms with E-state index in [9.17, 15) is 21.6 Å². The number of rotatable bonds is 9. The van der Waals surface area contributed by atoms with E-state index in [1.807, 2.05) is 0 Å². The van der Waals surface area contributed by atoms with E-state index < -0.39 is 19.9 Å². The molecule has 0 radical (unpaired) electrons. The standard InChI is InChI=1S/C18H29N3O5S2/c1-4-27(23,24)15-8-10-16(11-9-15)28(25,26)19-12-6-14-21-13-5-7-17(21)18(22)20(2)3/h8-11,17,19H,4-7,12-14H2,1-3H3. The lowest BCUT2D eigenvalue weighted by atomic mass is 10.2. The average Bonchev–Trinajstić information content (AvgIpc) is 3.13. The Hall–Kier alpha value is -1.49. The number of hydrogen-bond donors (Lipinski definition) is 1. The van der Waals surface area contributed by atoms with Crippen molar-refractivity contribution in [2.75, 3.05) is 39.5 Å². The number of carbonyl (C=O) groups is 1. The van der Waals surface area contributed by atoms with E-state index in [0.29, 0.717) is 13.0 Å². The first kappa shape index (κ1) is 22.8. The zero-order valence-corrected chi connectivity index (χ0v) is 18.2. The number of benzene rings is 1. The van der Waals surface area contributed by atoms with Crippen LogP contribution in [0.3, 0.4) is 0 Å². The van der Waals surface area contributed by atoms with Crippen molar-refractivity contribution in [3.8, 4) is 0 Å². The highest BCUT2D eigenvalue weighted by molar-refractivity contribution is 7.91. The minimum atomic E-state index is -3.71. The van der Waals surface area contributed by atoms with Crippen LogP contribution < -0.4 is 4.72 Å². The summed E-state index contributed by atoms with van der Waals surface area (Å²) in [5.41, 5.74) is 0. The van der Waals surface area contributed by atoms with Gasteiger partial charge in [0, 0.05) is 27.2 Å². The van der Waals surface area contributed by atoms with Crippen molar-refractivity contribution in [1.82, 2.24) is 14.5 Å². The van der Waals surface area contributed by atoms with Gasteiger partial charge in [0.2, 0.25) is 15.9 Å². The fourth-order valence-electron chi connectivity index (χ4n) is 3.24. The van der Waals surface area contributed by atoms with Crippen molar-refractivity contribution in [2.45, 2.75) is 42.0 Å². The summed E-state index contributed by atoms with van der Waals surface area (Å²) in [5, 5.41) is 0. The summed E-state index contributed by atoms with van der Waals surface area (Å²) >= 11 is 0. The molecule has 0 saturated carbocycles. The van der Waals surface area contributed by atoms with Crippen molar-refractivity contribution in [2.24, 2.45) is 0 Å². The van der Waals surface area contributed by atoms with E-state index in [0.717, 1.165) is 19.4 Å². The van der Waals surface area contributed by atoms with E-state index in [4.69, 9.17) is 0 Å². The number of sulfone groups is 1. The number of sulfonamides is 1. The van der Waals surface area contributed by atoms with Gasteiger partial charge in [-0.05, 0) is 50.1 Å².